The molecule has 3 aromatic rings. The van der Waals surface area contributed by atoms with Gasteiger partial charge in [0.1, 0.15) is 0 Å². The molecule has 3 rings (SSSR count). The second-order valence-corrected chi connectivity index (χ2v) is 8.85. The minimum absolute atomic E-state index is 0. The number of pyridine rings is 1. The number of aryl methyl sites for hydroxylation is 4. The summed E-state index contributed by atoms with van der Waals surface area (Å²) >= 11 is 0. The van der Waals surface area contributed by atoms with Gasteiger partial charge in [0.15, 0.2) is 0 Å². The van der Waals surface area contributed by atoms with E-state index in [0.29, 0.717) is 0 Å². The Morgan fingerprint density at radius 1 is 0.526 bits per heavy atom. The van der Waals surface area contributed by atoms with E-state index in [0.717, 1.165) is 74.1 Å². The van der Waals surface area contributed by atoms with Gasteiger partial charge in [-0.1, -0.05) is 95.8 Å². The van der Waals surface area contributed by atoms with Crippen LogP contribution in [0.4, 0.5) is 11.4 Å². The number of halogens is 3. The van der Waals surface area contributed by atoms with Crippen molar-refractivity contribution in [1.29, 1.82) is 0 Å². The van der Waals surface area contributed by atoms with Gasteiger partial charge in [-0.05, 0) is 60.1 Å². The zero-order valence-corrected chi connectivity index (χ0v) is 26.1. The molecular weight excluding hydrogens is 580 g/mol. The first-order chi connectivity index (χ1) is 16.7. The van der Waals surface area contributed by atoms with E-state index in [1.807, 2.05) is 30.6 Å². The first-order valence-electron chi connectivity index (χ1n) is 13.0. The van der Waals surface area contributed by atoms with Gasteiger partial charge in [0.2, 0.25) is 0 Å². The van der Waals surface area contributed by atoms with E-state index in [2.05, 4.69) is 64.1 Å². The zero-order chi connectivity index (χ0) is 24.2. The van der Waals surface area contributed by atoms with E-state index in [1.54, 1.807) is 0 Å². The van der Waals surface area contributed by atoms with Gasteiger partial charge < -0.3 is 37.2 Å². The minimum Gasteiger partial charge on any atom is -1.00 e. The Kier molecular flexibility index (Phi) is 21.4. The summed E-state index contributed by atoms with van der Waals surface area (Å²) in [6.07, 6.45) is 12.4. The smallest absolute Gasteiger partial charge is 1.00 e. The quantitative estimate of drug-likeness (QED) is 0.250. The molecule has 0 aliphatic heterocycles. The van der Waals surface area contributed by atoms with Crippen molar-refractivity contribution >= 4 is 23.8 Å². The number of rotatable bonds is 12. The summed E-state index contributed by atoms with van der Waals surface area (Å²) in [5.41, 5.74) is 9.21. The van der Waals surface area contributed by atoms with Crippen LogP contribution in [0.5, 0.6) is 0 Å². The number of hydrogen-bond donors (Lipinski definition) is 0. The molecule has 0 aliphatic rings. The molecule has 0 spiro atoms. The molecule has 0 aliphatic carbocycles. The van der Waals surface area contributed by atoms with Crippen molar-refractivity contribution in [2.24, 2.45) is 9.98 Å². The molecule has 7 heteroatoms. The minimum atomic E-state index is 0. The number of hydrogen-bond acceptors (Lipinski definition) is 3. The fourth-order valence-corrected chi connectivity index (χ4v) is 4.38. The van der Waals surface area contributed by atoms with Crippen LogP contribution in [-0.2, 0) is 42.5 Å². The van der Waals surface area contributed by atoms with Crippen molar-refractivity contribution in [3.63, 3.8) is 0 Å². The average Bonchev–Trinajstić information content (AvgIpc) is 2.84. The number of nitrogens with zero attached hydrogens (tertiary/aromatic N) is 3. The molecule has 3 nitrogen and oxygen atoms in total. The normalized spacial score (nSPS) is 10.4. The Hall–Kier alpha value is -1.69. The largest absolute Gasteiger partial charge is 3.00 e. The molecule has 0 atom stereocenters. The maximum atomic E-state index is 4.92. The van der Waals surface area contributed by atoms with Crippen LogP contribution in [0.1, 0.15) is 87.0 Å². The SMILES string of the molecule is CCCc1cccc(CCC)c1N=Cc1cccc(C=Nc2c(CCC)cccc2CCC)n1.[Cl-].[Cl-].[Cl-].[Co+3]. The Morgan fingerprint density at radius 3 is 1.11 bits per heavy atom. The van der Waals surface area contributed by atoms with Gasteiger partial charge in [0.05, 0.1) is 35.2 Å². The van der Waals surface area contributed by atoms with Crippen LogP contribution >= 0.6 is 0 Å². The molecule has 0 unspecified atom stereocenters. The van der Waals surface area contributed by atoms with Crippen molar-refractivity contribution in [2.75, 3.05) is 0 Å². The number of aliphatic imine (C=N–C) groups is 2. The summed E-state index contributed by atoms with van der Waals surface area (Å²) in [5, 5.41) is 0. The third kappa shape index (κ3) is 11.2. The molecule has 0 saturated heterocycles. The van der Waals surface area contributed by atoms with Gasteiger partial charge in [0, 0.05) is 0 Å². The van der Waals surface area contributed by atoms with E-state index in [1.165, 1.54) is 22.3 Å². The molecule has 0 amide bonds. The number of aromatic nitrogens is 1. The Bertz CT molecular complexity index is 1000. The summed E-state index contributed by atoms with van der Waals surface area (Å²) in [5.74, 6) is 0. The van der Waals surface area contributed by atoms with Crippen molar-refractivity contribution in [2.45, 2.75) is 79.1 Å². The fourth-order valence-electron chi connectivity index (χ4n) is 4.38. The third-order valence-electron chi connectivity index (χ3n) is 5.93. The van der Waals surface area contributed by atoms with Crippen LogP contribution in [-0.4, -0.2) is 17.4 Å². The maximum absolute atomic E-state index is 4.92. The second-order valence-electron chi connectivity index (χ2n) is 8.85. The topological polar surface area (TPSA) is 37.6 Å². The van der Waals surface area contributed by atoms with Gasteiger partial charge in [-0.3, -0.25) is 9.98 Å². The Labute approximate surface area is 258 Å². The molecule has 0 N–H and O–H groups in total. The van der Waals surface area contributed by atoms with Crippen LogP contribution in [0.25, 0.3) is 0 Å². The summed E-state index contributed by atoms with van der Waals surface area (Å²) in [7, 11) is 0. The Morgan fingerprint density at radius 2 is 0.816 bits per heavy atom. The second kappa shape index (κ2) is 21.2. The van der Waals surface area contributed by atoms with Crippen LogP contribution in [0.2, 0.25) is 0 Å². The maximum Gasteiger partial charge on any atom is 3.00 e. The third-order valence-corrected chi connectivity index (χ3v) is 5.93. The molecule has 38 heavy (non-hydrogen) atoms. The predicted molar refractivity (Wildman–Crippen MR) is 148 cm³/mol. The van der Waals surface area contributed by atoms with Crippen LogP contribution in [0.3, 0.4) is 0 Å². The molecule has 0 saturated carbocycles. The van der Waals surface area contributed by atoms with Crippen LogP contribution in [0.15, 0.2) is 64.6 Å². The Balaban J connectivity index is 0. The van der Waals surface area contributed by atoms with Gasteiger partial charge >= 0.3 is 16.8 Å². The van der Waals surface area contributed by atoms with Crippen molar-refractivity contribution in [1.82, 2.24) is 4.98 Å². The summed E-state index contributed by atoms with van der Waals surface area (Å²) in [6.45, 7) is 8.87. The van der Waals surface area contributed by atoms with Crippen molar-refractivity contribution in [3.05, 3.63) is 88.2 Å². The monoisotopic (exact) mass is 617 g/mol. The fraction of sp³-hybridized carbons (Fsp3) is 0.387. The molecular formula is C31H39Cl3CoN3. The molecule has 1 aromatic heterocycles. The molecule has 0 fully saturated rings. The molecule has 2 aromatic carbocycles. The zero-order valence-electron chi connectivity index (χ0n) is 22.8. The summed E-state index contributed by atoms with van der Waals surface area (Å²) in [4.78, 5) is 14.6. The van der Waals surface area contributed by atoms with E-state index in [4.69, 9.17) is 15.0 Å². The first-order valence-corrected chi connectivity index (χ1v) is 13.0. The van der Waals surface area contributed by atoms with Crippen LogP contribution in [0, 0.1) is 0 Å². The van der Waals surface area contributed by atoms with Crippen molar-refractivity contribution in [3.8, 4) is 0 Å². The molecule has 208 valence electrons. The van der Waals surface area contributed by atoms with Gasteiger partial charge in [-0.15, -0.1) is 0 Å². The van der Waals surface area contributed by atoms with E-state index >= 15 is 0 Å². The van der Waals surface area contributed by atoms with E-state index < -0.39 is 0 Å². The average molecular weight is 619 g/mol. The predicted octanol–water partition coefficient (Wildman–Crippen LogP) is -0.598. The number of benzene rings is 2. The van der Waals surface area contributed by atoms with Crippen LogP contribution < -0.4 is 37.2 Å². The van der Waals surface area contributed by atoms with Crippen molar-refractivity contribution < 1.29 is 54.0 Å². The summed E-state index contributed by atoms with van der Waals surface area (Å²) < 4.78 is 0. The van der Waals surface area contributed by atoms with E-state index in [-0.39, 0.29) is 54.0 Å². The van der Waals surface area contributed by atoms with E-state index in [9.17, 15) is 0 Å². The van der Waals surface area contributed by atoms with Gasteiger partial charge in [-0.25, -0.2) is 4.98 Å². The molecule has 0 bridgehead atoms. The standard InChI is InChI=1S/C31H39N3.3ClH.Co/c1-5-12-24-16-9-17-25(13-6-2)30(24)32-22-28-20-11-21-29(34-28)23-33-31-26(14-7-3)18-10-19-27(31)15-8-4;;;;/h9-11,16-23H,5-8,12-15H2,1-4H3;3*1H;/q;;;;+3/p-3. The summed E-state index contributed by atoms with van der Waals surface area (Å²) in [6, 6.07) is 19.2. The first kappa shape index (κ1) is 38.5. The number of para-hydroxylation sites is 2. The van der Waals surface area contributed by atoms with Gasteiger partial charge in [-0.2, -0.15) is 0 Å². The molecule has 0 radical (unpaired) electrons. The molecule has 1 heterocycles. The van der Waals surface area contributed by atoms with Gasteiger partial charge in [0.25, 0.3) is 0 Å².